The van der Waals surface area contributed by atoms with Gasteiger partial charge in [-0.2, -0.15) is 22.0 Å². The van der Waals surface area contributed by atoms with E-state index in [1.165, 1.54) is 12.1 Å². The van der Waals surface area contributed by atoms with E-state index >= 15 is 4.39 Å². The standard InChI is InChI=1S/C24H26F6O3/c1-3-5-15-6-8-16(9-7-15)18-11-12-19(21(22(18)25)23(26,27)28)24(29,30)33-17-10-13-20(31-4-2)32-14-17/h6-9,11-12,17,20H,3-5,10,13-14H2,1-2H3. The second-order valence-corrected chi connectivity index (χ2v) is 7.85. The van der Waals surface area contributed by atoms with Gasteiger partial charge in [0.2, 0.25) is 0 Å². The summed E-state index contributed by atoms with van der Waals surface area (Å²) in [6.45, 7) is 3.82. The highest BCUT2D eigenvalue weighted by Gasteiger charge is 2.48. The van der Waals surface area contributed by atoms with Crippen LogP contribution in [-0.2, 0) is 32.9 Å². The van der Waals surface area contributed by atoms with E-state index in [-0.39, 0.29) is 25.0 Å². The van der Waals surface area contributed by atoms with Crippen LogP contribution in [0.1, 0.15) is 49.8 Å². The Morgan fingerprint density at radius 2 is 1.67 bits per heavy atom. The van der Waals surface area contributed by atoms with Gasteiger partial charge in [0.05, 0.1) is 18.3 Å². The number of aryl methyl sites for hydroxylation is 1. The maximum atomic E-state index is 15.1. The lowest BCUT2D eigenvalue weighted by Crippen LogP contribution is -2.37. The van der Waals surface area contributed by atoms with E-state index in [1.807, 2.05) is 6.92 Å². The van der Waals surface area contributed by atoms with Crippen molar-refractivity contribution in [3.63, 3.8) is 0 Å². The second kappa shape index (κ2) is 10.4. The summed E-state index contributed by atoms with van der Waals surface area (Å²) in [7, 11) is 0. The normalized spacial score (nSPS) is 19.6. The maximum Gasteiger partial charge on any atom is 0.419 e. The molecule has 2 aromatic rings. The number of hydrogen-bond donors (Lipinski definition) is 0. The Bertz CT molecular complexity index is 919. The second-order valence-electron chi connectivity index (χ2n) is 7.85. The summed E-state index contributed by atoms with van der Waals surface area (Å²) in [5, 5.41) is 0. The smallest absolute Gasteiger partial charge is 0.353 e. The lowest BCUT2D eigenvalue weighted by molar-refractivity contribution is -0.302. The van der Waals surface area contributed by atoms with Crippen molar-refractivity contribution in [1.82, 2.24) is 0 Å². The van der Waals surface area contributed by atoms with E-state index in [0.717, 1.165) is 24.5 Å². The first-order valence-corrected chi connectivity index (χ1v) is 10.8. The van der Waals surface area contributed by atoms with Crippen molar-refractivity contribution >= 4 is 0 Å². The van der Waals surface area contributed by atoms with Crippen molar-refractivity contribution in [2.75, 3.05) is 13.2 Å². The summed E-state index contributed by atoms with van der Waals surface area (Å²) in [6.07, 6.45) is -9.48. The number of halogens is 6. The molecule has 2 atom stereocenters. The monoisotopic (exact) mass is 476 g/mol. The minimum atomic E-state index is -5.35. The van der Waals surface area contributed by atoms with E-state index in [1.54, 1.807) is 19.1 Å². The molecule has 0 radical (unpaired) electrons. The predicted molar refractivity (Wildman–Crippen MR) is 110 cm³/mol. The number of rotatable bonds is 8. The maximum absolute atomic E-state index is 15.1. The first-order chi connectivity index (χ1) is 15.6. The fraction of sp³-hybridized carbons (Fsp3) is 0.500. The average molecular weight is 476 g/mol. The van der Waals surface area contributed by atoms with Gasteiger partial charge in [-0.3, -0.25) is 0 Å². The van der Waals surface area contributed by atoms with Crippen molar-refractivity contribution in [3.05, 3.63) is 58.9 Å². The average Bonchev–Trinajstić information content (AvgIpc) is 2.75. The lowest BCUT2D eigenvalue weighted by atomic mass is 9.96. The van der Waals surface area contributed by atoms with Gasteiger partial charge in [-0.05, 0) is 37.0 Å². The largest absolute Gasteiger partial charge is 0.419 e. The van der Waals surface area contributed by atoms with Crippen LogP contribution >= 0.6 is 0 Å². The minimum Gasteiger partial charge on any atom is -0.353 e. The van der Waals surface area contributed by atoms with Crippen LogP contribution in [0.2, 0.25) is 0 Å². The van der Waals surface area contributed by atoms with Gasteiger partial charge in [-0.15, -0.1) is 0 Å². The SMILES string of the molecule is CCCc1ccc(-c2ccc(C(F)(F)OC3CCC(OCC)OC3)c(C(F)(F)F)c2F)cc1. The van der Waals surface area contributed by atoms with Crippen LogP contribution in [0.5, 0.6) is 0 Å². The van der Waals surface area contributed by atoms with E-state index in [9.17, 15) is 22.0 Å². The van der Waals surface area contributed by atoms with Crippen LogP contribution in [0.25, 0.3) is 11.1 Å². The molecule has 1 saturated heterocycles. The van der Waals surface area contributed by atoms with E-state index in [4.69, 9.17) is 9.47 Å². The quantitative estimate of drug-likeness (QED) is 0.382. The van der Waals surface area contributed by atoms with Crippen molar-refractivity contribution < 1.29 is 40.6 Å². The van der Waals surface area contributed by atoms with Gasteiger partial charge in [0.1, 0.15) is 11.4 Å². The van der Waals surface area contributed by atoms with Crippen LogP contribution in [-0.4, -0.2) is 25.6 Å². The predicted octanol–water partition coefficient (Wildman–Crippen LogP) is 7.07. The zero-order chi connectivity index (χ0) is 24.2. The van der Waals surface area contributed by atoms with Gasteiger partial charge in [0.15, 0.2) is 6.29 Å². The Labute approximate surface area is 188 Å². The van der Waals surface area contributed by atoms with Gasteiger partial charge >= 0.3 is 12.3 Å². The minimum absolute atomic E-state index is 0.103. The molecule has 2 aromatic carbocycles. The molecule has 9 heteroatoms. The Morgan fingerprint density at radius 3 is 2.21 bits per heavy atom. The van der Waals surface area contributed by atoms with Crippen LogP contribution in [0.15, 0.2) is 36.4 Å². The molecule has 0 bridgehead atoms. The zero-order valence-electron chi connectivity index (χ0n) is 18.4. The first kappa shape index (κ1) is 25.5. The van der Waals surface area contributed by atoms with Crippen molar-refractivity contribution in [3.8, 4) is 11.1 Å². The molecule has 3 rings (SSSR count). The van der Waals surface area contributed by atoms with Crippen molar-refractivity contribution in [2.24, 2.45) is 0 Å². The molecule has 0 aliphatic carbocycles. The number of benzene rings is 2. The molecular weight excluding hydrogens is 450 g/mol. The molecule has 1 aliphatic heterocycles. The topological polar surface area (TPSA) is 27.7 Å². The van der Waals surface area contributed by atoms with Gasteiger partial charge in [-0.1, -0.05) is 43.7 Å². The number of alkyl halides is 5. The molecule has 1 aliphatic rings. The lowest BCUT2D eigenvalue weighted by Gasteiger charge is -2.32. The zero-order valence-corrected chi connectivity index (χ0v) is 18.4. The van der Waals surface area contributed by atoms with Crippen LogP contribution in [0.4, 0.5) is 26.3 Å². The Balaban J connectivity index is 1.91. The fourth-order valence-corrected chi connectivity index (χ4v) is 3.84. The summed E-state index contributed by atoms with van der Waals surface area (Å²) < 4.78 is 101. The molecule has 2 unspecified atom stereocenters. The summed E-state index contributed by atoms with van der Waals surface area (Å²) >= 11 is 0. The van der Waals surface area contributed by atoms with E-state index < -0.39 is 47.2 Å². The molecule has 0 spiro atoms. The first-order valence-electron chi connectivity index (χ1n) is 10.8. The molecule has 0 saturated carbocycles. The van der Waals surface area contributed by atoms with Crippen LogP contribution < -0.4 is 0 Å². The van der Waals surface area contributed by atoms with Gasteiger partial charge in [-0.25, -0.2) is 4.39 Å². The van der Waals surface area contributed by atoms with Crippen LogP contribution in [0, 0.1) is 5.82 Å². The highest BCUT2D eigenvalue weighted by molar-refractivity contribution is 5.66. The molecule has 0 aromatic heterocycles. The highest BCUT2D eigenvalue weighted by Crippen LogP contribution is 2.45. The molecule has 0 amide bonds. The van der Waals surface area contributed by atoms with E-state index in [2.05, 4.69) is 4.74 Å². The Kier molecular flexibility index (Phi) is 8.08. The molecule has 3 nitrogen and oxygen atoms in total. The third-order valence-corrected chi connectivity index (χ3v) is 5.40. The van der Waals surface area contributed by atoms with Gasteiger partial charge in [0, 0.05) is 18.6 Å². The fourth-order valence-electron chi connectivity index (χ4n) is 3.84. The molecular formula is C24H26F6O3. The third kappa shape index (κ3) is 6.07. The third-order valence-electron chi connectivity index (χ3n) is 5.40. The number of hydrogen-bond acceptors (Lipinski definition) is 3. The number of ether oxygens (including phenoxy) is 3. The summed E-state index contributed by atoms with van der Waals surface area (Å²) in [5.41, 5.74) is -2.91. The molecule has 182 valence electrons. The Hall–Kier alpha value is -2.10. The highest BCUT2D eigenvalue weighted by atomic mass is 19.4. The van der Waals surface area contributed by atoms with E-state index in [0.29, 0.717) is 12.7 Å². The summed E-state index contributed by atoms with van der Waals surface area (Å²) in [4.78, 5) is 0. The molecule has 33 heavy (non-hydrogen) atoms. The molecule has 1 fully saturated rings. The Morgan fingerprint density at radius 1 is 0.970 bits per heavy atom. The molecule has 1 heterocycles. The summed E-state index contributed by atoms with van der Waals surface area (Å²) in [6, 6.07) is 7.81. The van der Waals surface area contributed by atoms with Crippen molar-refractivity contribution in [1.29, 1.82) is 0 Å². The summed E-state index contributed by atoms with van der Waals surface area (Å²) in [5.74, 6) is -1.76. The molecule has 0 N–H and O–H groups in total. The van der Waals surface area contributed by atoms with Crippen molar-refractivity contribution in [2.45, 2.75) is 64.2 Å². The van der Waals surface area contributed by atoms with Gasteiger partial charge in [0.25, 0.3) is 0 Å². The van der Waals surface area contributed by atoms with Gasteiger partial charge < -0.3 is 14.2 Å². The van der Waals surface area contributed by atoms with Crippen LogP contribution in [0.3, 0.4) is 0 Å².